The second-order valence-electron chi connectivity index (χ2n) is 6.40. The van der Waals surface area contributed by atoms with Gasteiger partial charge in [0.1, 0.15) is 11.4 Å². The molecule has 2 aliphatic rings. The number of rotatable bonds is 2. The molecule has 20 heavy (non-hydrogen) atoms. The molecule has 0 aromatic heterocycles. The van der Waals surface area contributed by atoms with Gasteiger partial charge in [-0.25, -0.2) is 4.79 Å². The molecule has 1 aliphatic heterocycles. The van der Waals surface area contributed by atoms with Crippen molar-refractivity contribution >= 4 is 11.9 Å². The number of ether oxygens (including phenoxy) is 2. The number of carbonyl (C=O) groups is 1. The summed E-state index contributed by atoms with van der Waals surface area (Å²) in [4.78, 5) is 18.2. The Morgan fingerprint density at radius 2 is 2.10 bits per heavy atom. The fourth-order valence-electron chi connectivity index (χ4n) is 2.30. The first-order valence-corrected chi connectivity index (χ1v) is 7.18. The van der Waals surface area contributed by atoms with Crippen molar-refractivity contribution < 1.29 is 14.3 Å². The number of hydrogen-bond donors (Lipinski definition) is 1. The van der Waals surface area contributed by atoms with Gasteiger partial charge in [0.25, 0.3) is 0 Å². The van der Waals surface area contributed by atoms with E-state index in [2.05, 4.69) is 10.3 Å². The van der Waals surface area contributed by atoms with Gasteiger partial charge in [0.2, 0.25) is 0 Å². The van der Waals surface area contributed by atoms with E-state index in [-0.39, 0.29) is 6.09 Å². The van der Waals surface area contributed by atoms with E-state index in [1.807, 2.05) is 20.8 Å². The van der Waals surface area contributed by atoms with Gasteiger partial charge < -0.3 is 14.8 Å². The molecular weight excluding hydrogens is 258 g/mol. The number of nitrogens with zero attached hydrogens (tertiary/aromatic N) is 2. The summed E-state index contributed by atoms with van der Waals surface area (Å²) < 4.78 is 10.6. The van der Waals surface area contributed by atoms with Gasteiger partial charge >= 0.3 is 6.09 Å². The van der Waals surface area contributed by atoms with E-state index in [0.29, 0.717) is 31.8 Å². The molecule has 1 heterocycles. The molecule has 2 rings (SSSR count). The van der Waals surface area contributed by atoms with Crippen molar-refractivity contribution in [2.75, 3.05) is 26.7 Å². The first-order chi connectivity index (χ1) is 9.37. The van der Waals surface area contributed by atoms with Crippen molar-refractivity contribution in [2.45, 2.75) is 51.4 Å². The summed E-state index contributed by atoms with van der Waals surface area (Å²) in [5, 5.41) is 3.39. The van der Waals surface area contributed by atoms with Crippen molar-refractivity contribution in [1.82, 2.24) is 10.2 Å². The molecule has 0 saturated heterocycles. The number of carbonyl (C=O) groups excluding carboxylic acids is 1. The second-order valence-corrected chi connectivity index (χ2v) is 6.40. The van der Waals surface area contributed by atoms with E-state index in [1.165, 1.54) is 0 Å². The van der Waals surface area contributed by atoms with Crippen LogP contribution in [-0.2, 0) is 9.47 Å². The van der Waals surface area contributed by atoms with Crippen LogP contribution in [0.25, 0.3) is 0 Å². The molecule has 1 fully saturated rings. The molecule has 0 bridgehead atoms. The Morgan fingerprint density at radius 1 is 1.40 bits per heavy atom. The average Bonchev–Trinajstić information content (AvgIpc) is 2.31. The monoisotopic (exact) mass is 283 g/mol. The van der Waals surface area contributed by atoms with Gasteiger partial charge in [-0.3, -0.25) is 9.89 Å². The number of aliphatic imine (C=N–C) groups is 1. The first kappa shape index (κ1) is 15.1. The Balaban J connectivity index is 1.79. The molecule has 1 amide bonds. The quantitative estimate of drug-likeness (QED) is 0.832. The SMILES string of the molecule is COC1CC(NC2=NCCN(C(=O)OC(C)(C)C)C2)C1. The smallest absolute Gasteiger partial charge is 0.410 e. The zero-order valence-corrected chi connectivity index (χ0v) is 12.8. The molecule has 0 aromatic rings. The lowest BCUT2D eigenvalue weighted by Gasteiger charge is -2.37. The summed E-state index contributed by atoms with van der Waals surface area (Å²) in [7, 11) is 1.74. The minimum Gasteiger partial charge on any atom is -0.444 e. The van der Waals surface area contributed by atoms with Crippen LogP contribution in [0, 0.1) is 0 Å². The highest BCUT2D eigenvalue weighted by Crippen LogP contribution is 2.22. The Bertz CT molecular complexity index is 384. The van der Waals surface area contributed by atoms with Crippen LogP contribution >= 0.6 is 0 Å². The number of nitrogens with one attached hydrogen (secondary N) is 1. The number of methoxy groups -OCH3 is 1. The van der Waals surface area contributed by atoms with Gasteiger partial charge in [0.05, 0.1) is 19.2 Å². The fraction of sp³-hybridized carbons (Fsp3) is 0.857. The number of hydrogen-bond acceptors (Lipinski definition) is 5. The van der Waals surface area contributed by atoms with Crippen molar-refractivity contribution in [3.63, 3.8) is 0 Å². The van der Waals surface area contributed by atoms with Crippen LogP contribution in [0.4, 0.5) is 4.79 Å². The van der Waals surface area contributed by atoms with E-state index < -0.39 is 5.60 Å². The highest BCUT2D eigenvalue weighted by atomic mass is 16.6. The molecule has 0 spiro atoms. The fourth-order valence-corrected chi connectivity index (χ4v) is 2.30. The average molecular weight is 283 g/mol. The largest absolute Gasteiger partial charge is 0.444 e. The summed E-state index contributed by atoms with van der Waals surface area (Å²) in [6.07, 6.45) is 2.10. The molecule has 1 N–H and O–H groups in total. The van der Waals surface area contributed by atoms with E-state index >= 15 is 0 Å². The third-order valence-electron chi connectivity index (χ3n) is 3.46. The van der Waals surface area contributed by atoms with Crippen molar-refractivity contribution in [2.24, 2.45) is 4.99 Å². The van der Waals surface area contributed by atoms with Gasteiger partial charge in [0.15, 0.2) is 0 Å². The lowest BCUT2D eigenvalue weighted by atomic mass is 9.89. The number of amidine groups is 1. The zero-order chi connectivity index (χ0) is 14.8. The van der Waals surface area contributed by atoms with E-state index in [4.69, 9.17) is 9.47 Å². The van der Waals surface area contributed by atoms with Crippen molar-refractivity contribution in [3.05, 3.63) is 0 Å². The van der Waals surface area contributed by atoms with Crippen LogP contribution in [0.3, 0.4) is 0 Å². The van der Waals surface area contributed by atoms with Gasteiger partial charge in [-0.05, 0) is 33.6 Å². The summed E-state index contributed by atoms with van der Waals surface area (Å²) in [5.41, 5.74) is -0.459. The van der Waals surface area contributed by atoms with Gasteiger partial charge in [-0.2, -0.15) is 0 Å². The number of amides is 1. The highest BCUT2D eigenvalue weighted by molar-refractivity contribution is 5.88. The third kappa shape index (κ3) is 4.10. The molecule has 0 atom stereocenters. The molecular formula is C14H25N3O3. The van der Waals surface area contributed by atoms with E-state index in [1.54, 1.807) is 12.0 Å². The van der Waals surface area contributed by atoms with Crippen LogP contribution in [0.5, 0.6) is 0 Å². The van der Waals surface area contributed by atoms with Crippen LogP contribution < -0.4 is 5.32 Å². The van der Waals surface area contributed by atoms with Crippen LogP contribution in [-0.4, -0.2) is 61.3 Å². The van der Waals surface area contributed by atoms with Crippen molar-refractivity contribution in [1.29, 1.82) is 0 Å². The Kier molecular flexibility index (Phi) is 4.52. The molecule has 114 valence electrons. The Hall–Kier alpha value is -1.30. The Labute approximate surface area is 120 Å². The molecule has 1 aliphatic carbocycles. The molecule has 0 aromatic carbocycles. The summed E-state index contributed by atoms with van der Waals surface area (Å²) >= 11 is 0. The molecule has 1 saturated carbocycles. The highest BCUT2D eigenvalue weighted by Gasteiger charge is 2.31. The molecule has 6 heteroatoms. The minimum atomic E-state index is -0.459. The maximum atomic E-state index is 12.0. The second kappa shape index (κ2) is 5.99. The standard InChI is InChI=1S/C14H25N3O3/c1-14(2,3)20-13(18)17-6-5-15-12(9-17)16-10-7-11(8-10)19-4/h10-11H,5-9H2,1-4H3,(H,15,16). The third-order valence-corrected chi connectivity index (χ3v) is 3.46. The summed E-state index contributed by atoms with van der Waals surface area (Å²) in [6.45, 7) is 7.38. The van der Waals surface area contributed by atoms with Crippen LogP contribution in [0.15, 0.2) is 4.99 Å². The molecule has 0 unspecified atom stereocenters. The van der Waals surface area contributed by atoms with Crippen LogP contribution in [0.2, 0.25) is 0 Å². The van der Waals surface area contributed by atoms with Gasteiger partial charge in [0, 0.05) is 19.7 Å². The van der Waals surface area contributed by atoms with Crippen LogP contribution in [0.1, 0.15) is 33.6 Å². The minimum absolute atomic E-state index is 0.268. The lowest BCUT2D eigenvalue weighted by Crippen LogP contribution is -2.53. The topological polar surface area (TPSA) is 63.2 Å². The molecule has 0 radical (unpaired) electrons. The van der Waals surface area contributed by atoms with E-state index in [9.17, 15) is 4.79 Å². The zero-order valence-electron chi connectivity index (χ0n) is 12.8. The predicted molar refractivity (Wildman–Crippen MR) is 77.1 cm³/mol. The lowest BCUT2D eigenvalue weighted by molar-refractivity contribution is 0.0204. The van der Waals surface area contributed by atoms with Gasteiger partial charge in [-0.1, -0.05) is 0 Å². The van der Waals surface area contributed by atoms with Gasteiger partial charge in [-0.15, -0.1) is 0 Å². The maximum Gasteiger partial charge on any atom is 0.410 e. The maximum absolute atomic E-state index is 12.0. The normalized spacial score (nSPS) is 26.6. The summed E-state index contributed by atoms with van der Waals surface area (Å²) in [5.74, 6) is 0.877. The summed E-state index contributed by atoms with van der Waals surface area (Å²) in [6, 6.07) is 0.414. The predicted octanol–water partition coefficient (Wildman–Crippen LogP) is 1.40. The van der Waals surface area contributed by atoms with E-state index in [0.717, 1.165) is 18.7 Å². The van der Waals surface area contributed by atoms with Crippen molar-refractivity contribution in [3.8, 4) is 0 Å². The first-order valence-electron chi connectivity index (χ1n) is 7.18. The Morgan fingerprint density at radius 3 is 2.70 bits per heavy atom. The molecule has 6 nitrogen and oxygen atoms in total.